The maximum atomic E-state index is 11.7. The lowest BCUT2D eigenvalue weighted by molar-refractivity contribution is -0.136. The van der Waals surface area contributed by atoms with Gasteiger partial charge in [0.25, 0.3) is 0 Å². The maximum Gasteiger partial charge on any atom is 0.239 e. The molecule has 0 aromatic rings. The van der Waals surface area contributed by atoms with Crippen molar-refractivity contribution in [1.29, 1.82) is 0 Å². The molecule has 0 aliphatic rings. The number of rotatable bonds is 6. The van der Waals surface area contributed by atoms with Crippen LogP contribution >= 0.6 is 12.4 Å². The van der Waals surface area contributed by atoms with Gasteiger partial charge in [0.05, 0.1) is 12.6 Å². The SMILES string of the molecule is CCCC(N)C(=O)N(C)CC(=O)NC(C)C.Cl. The average molecular weight is 266 g/mol. The monoisotopic (exact) mass is 265 g/mol. The lowest BCUT2D eigenvalue weighted by atomic mass is 10.1. The van der Waals surface area contributed by atoms with Gasteiger partial charge in [-0.1, -0.05) is 13.3 Å². The summed E-state index contributed by atoms with van der Waals surface area (Å²) >= 11 is 0. The second-order valence-corrected chi connectivity index (χ2v) is 4.31. The number of halogens is 1. The van der Waals surface area contributed by atoms with Crippen molar-refractivity contribution >= 4 is 24.2 Å². The number of nitrogens with one attached hydrogen (secondary N) is 1. The molecule has 102 valence electrons. The molecular weight excluding hydrogens is 242 g/mol. The van der Waals surface area contributed by atoms with E-state index < -0.39 is 6.04 Å². The molecule has 17 heavy (non-hydrogen) atoms. The van der Waals surface area contributed by atoms with Crippen molar-refractivity contribution in [2.75, 3.05) is 13.6 Å². The van der Waals surface area contributed by atoms with Crippen molar-refractivity contribution in [1.82, 2.24) is 10.2 Å². The predicted molar refractivity (Wildman–Crippen MR) is 71.0 cm³/mol. The van der Waals surface area contributed by atoms with E-state index in [1.165, 1.54) is 4.90 Å². The van der Waals surface area contributed by atoms with Crippen molar-refractivity contribution in [3.63, 3.8) is 0 Å². The zero-order valence-corrected chi connectivity index (χ0v) is 11.8. The van der Waals surface area contributed by atoms with Gasteiger partial charge in [0.2, 0.25) is 11.8 Å². The van der Waals surface area contributed by atoms with Crippen LogP contribution in [0.25, 0.3) is 0 Å². The zero-order chi connectivity index (χ0) is 12.7. The number of hydrogen-bond acceptors (Lipinski definition) is 3. The number of nitrogens with two attached hydrogens (primary N) is 1. The predicted octanol–water partition coefficient (Wildman–Crippen LogP) is 0.519. The minimum atomic E-state index is -0.498. The Hall–Kier alpha value is -0.810. The second kappa shape index (κ2) is 9.24. The van der Waals surface area contributed by atoms with Gasteiger partial charge in [0.15, 0.2) is 0 Å². The third-order valence-electron chi connectivity index (χ3n) is 2.12. The normalized spacial score (nSPS) is 11.6. The van der Waals surface area contributed by atoms with Crippen LogP contribution in [-0.4, -0.2) is 42.4 Å². The van der Waals surface area contributed by atoms with Crippen molar-refractivity contribution in [3.05, 3.63) is 0 Å². The molecule has 0 aromatic heterocycles. The van der Waals surface area contributed by atoms with E-state index in [9.17, 15) is 9.59 Å². The smallest absolute Gasteiger partial charge is 0.239 e. The third kappa shape index (κ3) is 7.99. The fourth-order valence-corrected chi connectivity index (χ4v) is 1.38. The van der Waals surface area contributed by atoms with E-state index in [2.05, 4.69) is 5.32 Å². The third-order valence-corrected chi connectivity index (χ3v) is 2.12. The Balaban J connectivity index is 0. The fourth-order valence-electron chi connectivity index (χ4n) is 1.38. The summed E-state index contributed by atoms with van der Waals surface area (Å²) in [6.07, 6.45) is 1.51. The molecule has 0 aliphatic heterocycles. The van der Waals surface area contributed by atoms with E-state index in [0.717, 1.165) is 6.42 Å². The van der Waals surface area contributed by atoms with E-state index >= 15 is 0 Å². The summed E-state index contributed by atoms with van der Waals surface area (Å²) in [5, 5.41) is 2.73. The standard InChI is InChI=1S/C11H23N3O2.ClH/c1-5-6-9(12)11(16)14(4)7-10(15)13-8(2)3;/h8-9H,5-7,12H2,1-4H3,(H,13,15);1H. The van der Waals surface area contributed by atoms with Crippen LogP contribution in [0.5, 0.6) is 0 Å². The van der Waals surface area contributed by atoms with Gasteiger partial charge < -0.3 is 16.0 Å². The highest BCUT2D eigenvalue weighted by Gasteiger charge is 2.19. The molecule has 0 spiro atoms. The van der Waals surface area contributed by atoms with E-state index in [1.54, 1.807) is 7.05 Å². The van der Waals surface area contributed by atoms with Crippen molar-refractivity contribution < 1.29 is 9.59 Å². The summed E-state index contributed by atoms with van der Waals surface area (Å²) in [5.41, 5.74) is 5.68. The molecule has 2 amide bonds. The molecule has 0 fully saturated rings. The molecule has 1 unspecified atom stereocenters. The first-order chi connectivity index (χ1) is 7.38. The summed E-state index contributed by atoms with van der Waals surface area (Å²) in [6, 6.07) is -0.415. The van der Waals surface area contributed by atoms with Gasteiger partial charge in [-0.05, 0) is 20.3 Å². The first kappa shape index (κ1) is 18.6. The Labute approximate surface area is 110 Å². The van der Waals surface area contributed by atoms with Gasteiger partial charge in [-0.15, -0.1) is 12.4 Å². The Morgan fingerprint density at radius 2 is 1.88 bits per heavy atom. The molecule has 0 heterocycles. The molecule has 0 aromatic carbocycles. The molecule has 3 N–H and O–H groups in total. The first-order valence-corrected chi connectivity index (χ1v) is 5.68. The summed E-state index contributed by atoms with van der Waals surface area (Å²) in [7, 11) is 1.60. The quantitative estimate of drug-likeness (QED) is 0.735. The Bertz CT molecular complexity index is 247. The van der Waals surface area contributed by atoms with Crippen LogP contribution in [0, 0.1) is 0 Å². The van der Waals surface area contributed by atoms with E-state index in [4.69, 9.17) is 5.73 Å². The van der Waals surface area contributed by atoms with Crippen LogP contribution in [0.2, 0.25) is 0 Å². The van der Waals surface area contributed by atoms with E-state index in [-0.39, 0.29) is 36.8 Å². The topological polar surface area (TPSA) is 75.4 Å². The zero-order valence-electron chi connectivity index (χ0n) is 11.0. The molecular formula is C11H24ClN3O2. The minimum Gasteiger partial charge on any atom is -0.352 e. The van der Waals surface area contributed by atoms with Gasteiger partial charge in [-0.3, -0.25) is 9.59 Å². The summed E-state index contributed by atoms with van der Waals surface area (Å²) < 4.78 is 0. The van der Waals surface area contributed by atoms with Crippen molar-refractivity contribution in [3.8, 4) is 0 Å². The molecule has 6 heteroatoms. The summed E-state index contributed by atoms with van der Waals surface area (Å²) in [4.78, 5) is 24.5. The van der Waals surface area contributed by atoms with Crippen LogP contribution in [0.15, 0.2) is 0 Å². The van der Waals surface area contributed by atoms with Gasteiger partial charge in [0.1, 0.15) is 0 Å². The average Bonchev–Trinajstić information content (AvgIpc) is 2.15. The Morgan fingerprint density at radius 1 is 1.35 bits per heavy atom. The number of nitrogens with zero attached hydrogens (tertiary/aromatic N) is 1. The summed E-state index contributed by atoms with van der Waals surface area (Å²) in [6.45, 7) is 5.79. The van der Waals surface area contributed by atoms with Gasteiger partial charge >= 0.3 is 0 Å². The van der Waals surface area contributed by atoms with Crippen molar-refractivity contribution in [2.45, 2.75) is 45.7 Å². The van der Waals surface area contributed by atoms with Crippen LogP contribution in [0.3, 0.4) is 0 Å². The molecule has 1 atom stereocenters. The van der Waals surface area contributed by atoms with Crippen LogP contribution in [-0.2, 0) is 9.59 Å². The second-order valence-electron chi connectivity index (χ2n) is 4.31. The molecule has 0 saturated carbocycles. The molecule has 0 rings (SSSR count). The molecule has 5 nitrogen and oxygen atoms in total. The molecule has 0 radical (unpaired) electrons. The van der Waals surface area contributed by atoms with Crippen LogP contribution in [0.1, 0.15) is 33.6 Å². The number of hydrogen-bond donors (Lipinski definition) is 2. The number of amides is 2. The Morgan fingerprint density at radius 3 is 2.29 bits per heavy atom. The molecule has 0 bridgehead atoms. The number of carbonyl (C=O) groups excluding carboxylic acids is 2. The highest BCUT2D eigenvalue weighted by atomic mass is 35.5. The highest BCUT2D eigenvalue weighted by molar-refractivity contribution is 5.87. The summed E-state index contributed by atoms with van der Waals surface area (Å²) in [5.74, 6) is -0.338. The van der Waals surface area contributed by atoms with Gasteiger partial charge in [0, 0.05) is 13.1 Å². The first-order valence-electron chi connectivity index (χ1n) is 5.68. The lowest BCUT2D eigenvalue weighted by Crippen LogP contribution is -2.46. The molecule has 0 saturated heterocycles. The van der Waals surface area contributed by atoms with Gasteiger partial charge in [-0.2, -0.15) is 0 Å². The molecule has 0 aliphatic carbocycles. The minimum absolute atomic E-state index is 0. The van der Waals surface area contributed by atoms with Gasteiger partial charge in [-0.25, -0.2) is 0 Å². The van der Waals surface area contributed by atoms with E-state index in [1.807, 2.05) is 20.8 Å². The Kier molecular flexibility index (Phi) is 10.1. The fraction of sp³-hybridized carbons (Fsp3) is 0.818. The maximum absolute atomic E-state index is 11.7. The largest absolute Gasteiger partial charge is 0.352 e. The number of carbonyl (C=O) groups is 2. The van der Waals surface area contributed by atoms with E-state index in [0.29, 0.717) is 6.42 Å². The lowest BCUT2D eigenvalue weighted by Gasteiger charge is -2.21. The van der Waals surface area contributed by atoms with Crippen LogP contribution < -0.4 is 11.1 Å². The van der Waals surface area contributed by atoms with Crippen LogP contribution in [0.4, 0.5) is 0 Å². The van der Waals surface area contributed by atoms with Crippen molar-refractivity contribution in [2.24, 2.45) is 5.73 Å². The highest BCUT2D eigenvalue weighted by Crippen LogP contribution is 1.98. The number of likely N-dealkylation sites (N-methyl/N-ethyl adjacent to an activating group) is 1.